The van der Waals surface area contributed by atoms with Crippen molar-refractivity contribution < 1.29 is 32.9 Å². The maximum atomic E-state index is 11.2. The van der Waals surface area contributed by atoms with E-state index in [4.69, 9.17) is 9.84 Å². The molecule has 0 saturated carbocycles. The zero-order chi connectivity index (χ0) is 19.7. The van der Waals surface area contributed by atoms with Gasteiger partial charge in [0.2, 0.25) is 0 Å². The van der Waals surface area contributed by atoms with E-state index in [1.807, 2.05) is 0 Å². The molecule has 0 spiro atoms. The number of carboxylic acid groups (broad SMARTS) is 1. The Morgan fingerprint density at radius 2 is 2.08 bits per heavy atom. The second-order valence-corrected chi connectivity index (χ2v) is 17.9. The molecule has 1 atom stereocenters. The molecule has 0 saturated heterocycles. The summed E-state index contributed by atoms with van der Waals surface area (Å²) >= 11 is -3.69. The zero-order valence-corrected chi connectivity index (χ0v) is 16.8. The van der Waals surface area contributed by atoms with Crippen molar-refractivity contribution in [2.24, 2.45) is 0 Å². The van der Waals surface area contributed by atoms with Crippen LogP contribution in [0.3, 0.4) is 0 Å². The van der Waals surface area contributed by atoms with Gasteiger partial charge in [0.1, 0.15) is 0 Å². The van der Waals surface area contributed by atoms with Crippen molar-refractivity contribution in [2.45, 2.75) is 20.3 Å². The normalized spacial score (nSPS) is 14.1. The van der Waals surface area contributed by atoms with Gasteiger partial charge in [-0.1, -0.05) is 0 Å². The molecule has 11 heteroatoms. The molecule has 0 bridgehead atoms. The summed E-state index contributed by atoms with van der Waals surface area (Å²) < 4.78 is 16.2. The molecule has 0 aliphatic carbocycles. The third-order valence-corrected chi connectivity index (χ3v) is 15.4. The van der Waals surface area contributed by atoms with E-state index in [9.17, 15) is 28.3 Å². The van der Waals surface area contributed by atoms with Gasteiger partial charge in [0, 0.05) is 0 Å². The first-order valence-corrected chi connectivity index (χ1v) is 15.3. The Kier molecular flexibility index (Phi) is 9.04. The molecule has 0 fully saturated rings. The van der Waals surface area contributed by atoms with Crippen LogP contribution in [0.5, 0.6) is 0 Å². The fourth-order valence-electron chi connectivity index (χ4n) is 1.92. The summed E-state index contributed by atoms with van der Waals surface area (Å²) in [6.45, 7) is 3.12. The van der Waals surface area contributed by atoms with Crippen LogP contribution in [-0.4, -0.2) is 61.0 Å². The number of aromatic carboxylic acids is 1. The van der Waals surface area contributed by atoms with Crippen molar-refractivity contribution in [3.05, 3.63) is 46.5 Å². The standard InChI is InChI=1S/C15H19NO8STe/c1-2-14(18)24-7-3-8-26(23,9-6-17)25-11-4-5-13(16(21)22)12(10-11)15(19)20/h2,4-5,10,17,23H,1,3,6-9H2,(H,19,20). The molecule has 1 aromatic rings. The number of hydrogen-bond donors (Lipinski definition) is 3. The average molecular weight is 501 g/mol. The SMILES string of the molecule is C=CC(=O)OCCC[Te](O)(CCO)Sc1ccc([N+](=O)[O-])c(C(=O)O)c1. The molecule has 1 aromatic carbocycles. The molecule has 144 valence electrons. The van der Waals surface area contributed by atoms with Crippen LogP contribution in [0.4, 0.5) is 5.69 Å². The molecule has 1 rings (SSSR count). The first-order chi connectivity index (χ1) is 12.2. The van der Waals surface area contributed by atoms with Gasteiger partial charge in [-0.15, -0.1) is 0 Å². The van der Waals surface area contributed by atoms with E-state index < -0.39 is 45.3 Å². The number of rotatable bonds is 11. The first-order valence-electron chi connectivity index (χ1n) is 7.35. The second kappa shape index (κ2) is 10.5. The van der Waals surface area contributed by atoms with Crippen molar-refractivity contribution in [2.75, 3.05) is 13.2 Å². The van der Waals surface area contributed by atoms with Crippen LogP contribution in [0.25, 0.3) is 0 Å². The van der Waals surface area contributed by atoms with E-state index in [1.54, 1.807) is 0 Å². The molecule has 0 aromatic heterocycles. The fraction of sp³-hybridized carbons (Fsp3) is 0.333. The molecule has 3 N–H and O–H groups in total. The molecule has 9 nitrogen and oxygen atoms in total. The Hall–Kier alpha value is -1.64. The van der Waals surface area contributed by atoms with E-state index >= 15 is 0 Å². The van der Waals surface area contributed by atoms with Crippen LogP contribution < -0.4 is 0 Å². The number of nitrogens with zero attached hydrogens (tertiary/aromatic N) is 1. The number of aliphatic hydroxyl groups is 1. The molecule has 0 radical (unpaired) electrons. The third kappa shape index (κ3) is 6.93. The molecule has 0 heterocycles. The van der Waals surface area contributed by atoms with Crippen molar-refractivity contribution in [3.8, 4) is 0 Å². The number of carboxylic acids is 1. The van der Waals surface area contributed by atoms with Gasteiger partial charge in [0.15, 0.2) is 0 Å². The van der Waals surface area contributed by atoms with Gasteiger partial charge >= 0.3 is 157 Å². The number of aliphatic hydroxyl groups excluding tert-OH is 1. The van der Waals surface area contributed by atoms with Gasteiger partial charge in [0.05, 0.1) is 0 Å². The van der Waals surface area contributed by atoms with Crippen LogP contribution in [0.1, 0.15) is 16.8 Å². The van der Waals surface area contributed by atoms with E-state index in [0.29, 0.717) is 15.8 Å². The van der Waals surface area contributed by atoms with Crippen molar-refractivity contribution >= 4 is 43.8 Å². The Balaban J connectivity index is 2.89. The summed E-state index contributed by atoms with van der Waals surface area (Å²) in [5.41, 5.74) is -0.995. The van der Waals surface area contributed by atoms with Gasteiger partial charge in [-0.3, -0.25) is 0 Å². The van der Waals surface area contributed by atoms with Crippen LogP contribution in [0.15, 0.2) is 35.7 Å². The summed E-state index contributed by atoms with van der Waals surface area (Å²) in [6, 6.07) is 3.61. The second-order valence-electron chi connectivity index (χ2n) is 4.95. The number of carbonyl (C=O) groups is 2. The summed E-state index contributed by atoms with van der Waals surface area (Å²) in [5, 5.41) is 29.2. The summed E-state index contributed by atoms with van der Waals surface area (Å²) in [6.07, 6.45) is 1.41. The van der Waals surface area contributed by atoms with Gasteiger partial charge < -0.3 is 0 Å². The number of nitro benzene ring substituents is 1. The number of esters is 1. The summed E-state index contributed by atoms with van der Waals surface area (Å²) in [5.74, 6) is -2.01. The number of hydrogen-bond acceptors (Lipinski definition) is 8. The van der Waals surface area contributed by atoms with Gasteiger partial charge in [-0.25, -0.2) is 0 Å². The topological polar surface area (TPSA) is 147 Å². The number of benzene rings is 1. The van der Waals surface area contributed by atoms with Crippen LogP contribution >= 0.6 is 8.99 Å². The number of nitro groups is 1. The van der Waals surface area contributed by atoms with Gasteiger partial charge in [-0.05, 0) is 0 Å². The molecule has 0 aliphatic rings. The molecule has 0 aliphatic heterocycles. The van der Waals surface area contributed by atoms with Crippen LogP contribution in [0, 0.1) is 10.1 Å². The van der Waals surface area contributed by atoms with E-state index in [-0.39, 0.29) is 17.7 Å². The van der Waals surface area contributed by atoms with E-state index in [1.165, 1.54) is 6.07 Å². The summed E-state index contributed by atoms with van der Waals surface area (Å²) in [4.78, 5) is 32.7. The van der Waals surface area contributed by atoms with Crippen molar-refractivity contribution in [3.63, 3.8) is 0 Å². The Morgan fingerprint density at radius 1 is 1.38 bits per heavy atom. The minimum absolute atomic E-state index is 0.0890. The number of carbonyl (C=O) groups excluding carboxylic acids is 1. The van der Waals surface area contributed by atoms with E-state index in [0.717, 1.165) is 27.2 Å². The monoisotopic (exact) mass is 503 g/mol. The predicted octanol–water partition coefficient (Wildman–Crippen LogP) is 1.93. The fourth-order valence-corrected chi connectivity index (χ4v) is 12.4. The van der Waals surface area contributed by atoms with Crippen LogP contribution in [-0.2, 0) is 9.53 Å². The predicted molar refractivity (Wildman–Crippen MR) is 96.4 cm³/mol. The Bertz CT molecular complexity index is 698. The zero-order valence-electron chi connectivity index (χ0n) is 13.7. The van der Waals surface area contributed by atoms with Gasteiger partial charge in [-0.2, -0.15) is 0 Å². The quantitative estimate of drug-likeness (QED) is 0.103. The molecule has 1 unspecified atom stereocenters. The van der Waals surface area contributed by atoms with Crippen LogP contribution in [0.2, 0.25) is 8.94 Å². The Labute approximate surface area is 156 Å². The summed E-state index contributed by atoms with van der Waals surface area (Å²) in [7, 11) is 1.07. The Morgan fingerprint density at radius 3 is 2.62 bits per heavy atom. The minimum atomic E-state index is -3.69. The molecular formula is C15H19NO8STe. The molecular weight excluding hydrogens is 482 g/mol. The van der Waals surface area contributed by atoms with Gasteiger partial charge in [0.25, 0.3) is 0 Å². The number of ether oxygens (including phenoxy) is 1. The maximum absolute atomic E-state index is 11.2. The average Bonchev–Trinajstić information content (AvgIpc) is 2.58. The van der Waals surface area contributed by atoms with Crippen molar-refractivity contribution in [1.82, 2.24) is 0 Å². The first kappa shape index (κ1) is 22.4. The van der Waals surface area contributed by atoms with E-state index in [2.05, 4.69) is 6.58 Å². The van der Waals surface area contributed by atoms with Crippen molar-refractivity contribution in [1.29, 1.82) is 0 Å². The third-order valence-electron chi connectivity index (χ3n) is 3.08. The molecule has 26 heavy (non-hydrogen) atoms. The molecule has 0 amide bonds.